The number of rotatable bonds is 6. The molecular weight excluding hydrogens is 569 g/mol. The molecule has 11 nitrogen and oxygen atoms in total. The molecule has 12 heteroatoms. The number of urea groups is 1. The van der Waals surface area contributed by atoms with Crippen LogP contribution in [-0.4, -0.2) is 35.9 Å². The molecule has 0 unspecified atom stereocenters. The van der Waals surface area contributed by atoms with E-state index in [9.17, 15) is 24.0 Å². The van der Waals surface area contributed by atoms with Crippen molar-refractivity contribution in [3.8, 4) is 0 Å². The van der Waals surface area contributed by atoms with Crippen LogP contribution < -0.4 is 21.0 Å². The molecule has 0 spiro atoms. The number of anilines is 2. The summed E-state index contributed by atoms with van der Waals surface area (Å²) in [6.07, 6.45) is 2.34. The van der Waals surface area contributed by atoms with E-state index in [0.29, 0.717) is 11.4 Å². The third-order valence-corrected chi connectivity index (χ3v) is 5.55. The monoisotopic (exact) mass is 585 g/mol. The van der Waals surface area contributed by atoms with Gasteiger partial charge in [-0.05, 0) is 83.3 Å². The SMILES string of the molecule is O=C(N/N=C\[C@H]1C(=O)NC(=O)N(c2ccc(I)cc2)C1=O)c1ccc(NC(=O)c2ccco2)cc1. The van der Waals surface area contributed by atoms with Gasteiger partial charge in [0.15, 0.2) is 11.7 Å². The lowest BCUT2D eigenvalue weighted by Gasteiger charge is -2.28. The van der Waals surface area contributed by atoms with Gasteiger partial charge in [0.1, 0.15) is 0 Å². The van der Waals surface area contributed by atoms with Gasteiger partial charge in [0.05, 0.1) is 12.0 Å². The standard InChI is InChI=1S/C23H16IN5O6/c24-14-5-9-16(10-6-14)29-22(33)17(20(31)27-23(29)34)12-25-28-19(30)13-3-7-15(8-4-13)26-21(32)18-2-1-11-35-18/h1-12,17H,(H,26,32)(H,28,30)(H,27,31,34)/b25-12-/t17-/m0/s1. The molecule has 1 atom stereocenters. The highest BCUT2D eigenvalue weighted by Crippen LogP contribution is 2.21. The molecule has 3 aromatic rings. The Bertz CT molecular complexity index is 1320. The first-order valence-corrected chi connectivity index (χ1v) is 11.1. The molecule has 1 aromatic heterocycles. The van der Waals surface area contributed by atoms with E-state index in [1.165, 1.54) is 36.6 Å². The molecule has 0 bridgehead atoms. The van der Waals surface area contributed by atoms with E-state index < -0.39 is 35.6 Å². The second-order valence-corrected chi connectivity index (χ2v) is 8.40. The van der Waals surface area contributed by atoms with E-state index in [1.807, 2.05) is 0 Å². The van der Waals surface area contributed by atoms with Gasteiger partial charge in [-0.1, -0.05) is 0 Å². The zero-order valence-corrected chi connectivity index (χ0v) is 19.9. The highest BCUT2D eigenvalue weighted by atomic mass is 127. The number of nitrogens with zero attached hydrogens (tertiary/aromatic N) is 2. The minimum atomic E-state index is -1.41. The zero-order valence-electron chi connectivity index (χ0n) is 17.7. The quantitative estimate of drug-likeness (QED) is 0.175. The molecule has 1 aliphatic rings. The molecule has 0 saturated carbocycles. The zero-order chi connectivity index (χ0) is 24.9. The van der Waals surface area contributed by atoms with E-state index in [4.69, 9.17) is 4.42 Å². The van der Waals surface area contributed by atoms with Gasteiger partial charge in [0.25, 0.3) is 17.7 Å². The van der Waals surface area contributed by atoms with Crippen LogP contribution in [0.25, 0.3) is 0 Å². The smallest absolute Gasteiger partial charge is 0.335 e. The lowest BCUT2D eigenvalue weighted by Crippen LogP contribution is -2.58. The Labute approximate surface area is 211 Å². The molecule has 1 saturated heterocycles. The van der Waals surface area contributed by atoms with Gasteiger partial charge >= 0.3 is 6.03 Å². The highest BCUT2D eigenvalue weighted by Gasteiger charge is 2.40. The molecule has 2 heterocycles. The maximum Gasteiger partial charge on any atom is 0.335 e. The molecule has 4 rings (SSSR count). The van der Waals surface area contributed by atoms with Gasteiger partial charge in [-0.25, -0.2) is 15.1 Å². The largest absolute Gasteiger partial charge is 0.459 e. The Morgan fingerprint density at radius 3 is 2.37 bits per heavy atom. The maximum absolute atomic E-state index is 12.8. The van der Waals surface area contributed by atoms with Crippen LogP contribution in [0.15, 0.2) is 76.4 Å². The van der Waals surface area contributed by atoms with Crippen LogP contribution in [0.5, 0.6) is 0 Å². The van der Waals surface area contributed by atoms with Crippen molar-refractivity contribution in [1.29, 1.82) is 0 Å². The van der Waals surface area contributed by atoms with Gasteiger partial charge in [0.2, 0.25) is 5.91 Å². The van der Waals surface area contributed by atoms with Crippen molar-refractivity contribution in [3.05, 3.63) is 81.8 Å². The van der Waals surface area contributed by atoms with Gasteiger partial charge in [0, 0.05) is 21.0 Å². The minimum Gasteiger partial charge on any atom is -0.459 e. The topological polar surface area (TPSA) is 150 Å². The lowest BCUT2D eigenvalue weighted by molar-refractivity contribution is -0.131. The fourth-order valence-electron chi connectivity index (χ4n) is 3.10. The number of furan rings is 1. The van der Waals surface area contributed by atoms with Crippen LogP contribution in [0.4, 0.5) is 16.2 Å². The Morgan fingerprint density at radius 1 is 1.00 bits per heavy atom. The number of amides is 6. The van der Waals surface area contributed by atoms with Crippen LogP contribution in [0.2, 0.25) is 0 Å². The van der Waals surface area contributed by atoms with Crippen molar-refractivity contribution in [3.63, 3.8) is 0 Å². The first kappa shape index (κ1) is 23.8. The molecule has 6 amide bonds. The van der Waals surface area contributed by atoms with Crippen molar-refractivity contribution in [2.45, 2.75) is 0 Å². The molecule has 0 aliphatic carbocycles. The molecule has 176 valence electrons. The Balaban J connectivity index is 1.38. The average Bonchev–Trinajstić information content (AvgIpc) is 3.38. The Kier molecular flexibility index (Phi) is 7.01. The van der Waals surface area contributed by atoms with E-state index in [-0.39, 0.29) is 11.3 Å². The summed E-state index contributed by atoms with van der Waals surface area (Å²) >= 11 is 2.08. The number of carbonyl (C=O) groups is 5. The first-order chi connectivity index (χ1) is 16.8. The third-order valence-electron chi connectivity index (χ3n) is 4.83. The predicted molar refractivity (Wildman–Crippen MR) is 133 cm³/mol. The van der Waals surface area contributed by atoms with Crippen LogP contribution in [-0.2, 0) is 9.59 Å². The van der Waals surface area contributed by atoms with Crippen molar-refractivity contribution in [2.75, 3.05) is 10.2 Å². The van der Waals surface area contributed by atoms with Crippen LogP contribution in [0.1, 0.15) is 20.9 Å². The molecule has 2 aromatic carbocycles. The van der Waals surface area contributed by atoms with Gasteiger partial charge in [-0.15, -0.1) is 0 Å². The number of benzene rings is 2. The molecular formula is C23H16IN5O6. The second kappa shape index (κ2) is 10.3. The Hall–Kier alpha value is -4.33. The molecule has 1 aliphatic heterocycles. The summed E-state index contributed by atoms with van der Waals surface area (Å²) in [6.45, 7) is 0. The summed E-state index contributed by atoms with van der Waals surface area (Å²) in [7, 11) is 0. The fraction of sp³-hybridized carbons (Fsp3) is 0.0435. The fourth-order valence-corrected chi connectivity index (χ4v) is 3.46. The third kappa shape index (κ3) is 5.43. The summed E-state index contributed by atoms with van der Waals surface area (Å²) < 4.78 is 5.92. The number of imide groups is 2. The summed E-state index contributed by atoms with van der Waals surface area (Å²) in [5, 5.41) is 8.44. The van der Waals surface area contributed by atoms with E-state index >= 15 is 0 Å². The van der Waals surface area contributed by atoms with Gasteiger partial charge < -0.3 is 9.73 Å². The average molecular weight is 585 g/mol. The van der Waals surface area contributed by atoms with Crippen molar-refractivity contribution < 1.29 is 28.4 Å². The Morgan fingerprint density at radius 2 is 1.71 bits per heavy atom. The molecule has 35 heavy (non-hydrogen) atoms. The van der Waals surface area contributed by atoms with Crippen molar-refractivity contribution in [2.24, 2.45) is 11.0 Å². The summed E-state index contributed by atoms with van der Waals surface area (Å²) in [5.74, 6) is -3.97. The van der Waals surface area contributed by atoms with Gasteiger partial charge in [-0.3, -0.25) is 24.5 Å². The number of hydrazone groups is 1. The lowest BCUT2D eigenvalue weighted by atomic mass is 10.1. The van der Waals surface area contributed by atoms with E-state index in [0.717, 1.165) is 14.7 Å². The molecule has 1 fully saturated rings. The number of hydrogen-bond acceptors (Lipinski definition) is 7. The number of hydrogen-bond donors (Lipinski definition) is 3. The van der Waals surface area contributed by atoms with Crippen LogP contribution in [0, 0.1) is 9.49 Å². The van der Waals surface area contributed by atoms with Gasteiger partial charge in [-0.2, -0.15) is 5.10 Å². The van der Waals surface area contributed by atoms with Crippen LogP contribution in [0.3, 0.4) is 0 Å². The summed E-state index contributed by atoms with van der Waals surface area (Å²) in [4.78, 5) is 62.4. The van der Waals surface area contributed by atoms with Crippen LogP contribution >= 0.6 is 22.6 Å². The predicted octanol–water partition coefficient (Wildman–Crippen LogP) is 2.75. The van der Waals surface area contributed by atoms with E-state index in [1.54, 1.807) is 30.3 Å². The number of nitrogens with one attached hydrogen (secondary N) is 3. The van der Waals surface area contributed by atoms with E-state index in [2.05, 4.69) is 43.8 Å². The maximum atomic E-state index is 12.8. The first-order valence-electron chi connectivity index (χ1n) is 10.1. The second-order valence-electron chi connectivity index (χ2n) is 7.15. The number of barbiturate groups is 1. The molecule has 0 radical (unpaired) electrons. The highest BCUT2D eigenvalue weighted by molar-refractivity contribution is 14.1. The summed E-state index contributed by atoms with van der Waals surface area (Å²) in [6, 6.07) is 14.8. The van der Waals surface area contributed by atoms with Crippen molar-refractivity contribution >= 4 is 69.8 Å². The number of halogens is 1. The normalized spacial score (nSPS) is 15.7. The summed E-state index contributed by atoms with van der Waals surface area (Å²) in [5.41, 5.74) is 3.19. The number of carbonyl (C=O) groups excluding carboxylic acids is 5. The van der Waals surface area contributed by atoms with Crippen molar-refractivity contribution in [1.82, 2.24) is 10.7 Å². The minimum absolute atomic E-state index is 0.143. The molecule has 3 N–H and O–H groups in total.